The second kappa shape index (κ2) is 8.75. The van der Waals surface area contributed by atoms with Gasteiger partial charge in [0, 0.05) is 23.0 Å². The first-order chi connectivity index (χ1) is 16.2. The zero-order chi connectivity index (χ0) is 24.0. The maximum absolute atomic E-state index is 14.6. The lowest BCUT2D eigenvalue weighted by atomic mass is 9.90. The van der Waals surface area contributed by atoms with Crippen LogP contribution in [0.2, 0.25) is 0 Å². The SMILES string of the molecule is C=C(CCCC(C)CC1(C)CC1)c1cnn2c1CN(C(=C)c1cc3c(F)c(C)ccc3[nH]1)CC2. The summed E-state index contributed by atoms with van der Waals surface area (Å²) in [4.78, 5) is 5.62. The molecule has 2 aliphatic rings. The maximum atomic E-state index is 14.6. The van der Waals surface area contributed by atoms with Gasteiger partial charge in [0.15, 0.2) is 0 Å². The number of nitrogens with one attached hydrogen (secondary N) is 1. The number of nitrogens with zero attached hydrogens (tertiary/aromatic N) is 3. The second-order valence-electron chi connectivity index (χ2n) is 11.1. The number of allylic oxidation sites excluding steroid dienone is 1. The minimum absolute atomic E-state index is 0.163. The Morgan fingerprint density at radius 3 is 2.82 bits per heavy atom. The first-order valence-corrected chi connectivity index (χ1v) is 12.7. The molecule has 5 heteroatoms. The van der Waals surface area contributed by atoms with Crippen LogP contribution in [0.4, 0.5) is 4.39 Å². The van der Waals surface area contributed by atoms with Gasteiger partial charge in [-0.05, 0) is 73.6 Å². The van der Waals surface area contributed by atoms with Crippen LogP contribution in [0.5, 0.6) is 0 Å². The van der Waals surface area contributed by atoms with Crippen LogP contribution in [0.25, 0.3) is 22.2 Å². The zero-order valence-electron chi connectivity index (χ0n) is 20.9. The van der Waals surface area contributed by atoms with Gasteiger partial charge in [-0.2, -0.15) is 5.10 Å². The molecule has 180 valence electrons. The number of fused-ring (bicyclic) bond motifs is 2. The Bertz CT molecular complexity index is 1240. The van der Waals surface area contributed by atoms with Crippen molar-refractivity contribution in [1.82, 2.24) is 19.7 Å². The van der Waals surface area contributed by atoms with Gasteiger partial charge in [-0.25, -0.2) is 4.39 Å². The molecule has 0 amide bonds. The van der Waals surface area contributed by atoms with E-state index in [1.807, 2.05) is 24.4 Å². The highest BCUT2D eigenvalue weighted by atomic mass is 19.1. The van der Waals surface area contributed by atoms with E-state index in [2.05, 4.69) is 46.7 Å². The molecular formula is C29H37FN4. The molecule has 1 saturated carbocycles. The standard InChI is InChI=1S/C29H37FN4/c1-19(16-29(5)11-12-29)7-6-8-20(2)24-17-31-34-14-13-33(18-27(24)34)22(4)26-15-23-25(32-26)10-9-21(3)28(23)30/h9-10,15,17,19,32H,2,4,6-8,11-14,16,18H2,1,3,5H3. The summed E-state index contributed by atoms with van der Waals surface area (Å²) in [6.07, 6.45) is 9.61. The topological polar surface area (TPSA) is 36.9 Å². The summed E-state index contributed by atoms with van der Waals surface area (Å²) in [7, 11) is 0. The number of hydrogen-bond donors (Lipinski definition) is 1. The van der Waals surface area contributed by atoms with Gasteiger partial charge in [-0.1, -0.05) is 39.5 Å². The monoisotopic (exact) mass is 460 g/mol. The first-order valence-electron chi connectivity index (χ1n) is 12.7. The highest BCUT2D eigenvalue weighted by Gasteiger charge is 2.37. The molecule has 3 aromatic rings. The second-order valence-corrected chi connectivity index (χ2v) is 11.1. The summed E-state index contributed by atoms with van der Waals surface area (Å²) in [5.74, 6) is 0.619. The van der Waals surface area contributed by atoms with Gasteiger partial charge in [0.2, 0.25) is 0 Å². The van der Waals surface area contributed by atoms with Crippen LogP contribution in [0.1, 0.15) is 74.9 Å². The highest BCUT2D eigenvalue weighted by Crippen LogP contribution is 2.50. The Morgan fingerprint density at radius 2 is 2.06 bits per heavy atom. The van der Waals surface area contributed by atoms with Crippen molar-refractivity contribution in [3.8, 4) is 0 Å². The molecule has 0 bridgehead atoms. The number of benzene rings is 1. The Kier molecular flexibility index (Phi) is 5.91. The molecule has 1 N–H and O–H groups in total. The van der Waals surface area contributed by atoms with E-state index in [0.717, 1.165) is 48.9 Å². The van der Waals surface area contributed by atoms with Crippen molar-refractivity contribution in [3.63, 3.8) is 0 Å². The number of H-pyrrole nitrogens is 1. The third-order valence-corrected chi connectivity index (χ3v) is 8.00. The van der Waals surface area contributed by atoms with Crippen LogP contribution in [0.3, 0.4) is 0 Å². The summed E-state index contributed by atoms with van der Waals surface area (Å²) >= 11 is 0. The number of aryl methyl sites for hydroxylation is 1. The minimum atomic E-state index is -0.163. The average molecular weight is 461 g/mol. The van der Waals surface area contributed by atoms with Gasteiger partial charge >= 0.3 is 0 Å². The van der Waals surface area contributed by atoms with E-state index in [9.17, 15) is 4.39 Å². The fourth-order valence-electron chi connectivity index (χ4n) is 5.53. The predicted molar refractivity (Wildman–Crippen MR) is 139 cm³/mol. The molecule has 2 aromatic heterocycles. The molecule has 1 aliphatic carbocycles. The van der Waals surface area contributed by atoms with Crippen molar-refractivity contribution in [2.75, 3.05) is 6.54 Å². The highest BCUT2D eigenvalue weighted by molar-refractivity contribution is 5.85. The van der Waals surface area contributed by atoms with E-state index >= 15 is 0 Å². The molecule has 0 saturated heterocycles. The summed E-state index contributed by atoms with van der Waals surface area (Å²) < 4.78 is 16.7. The van der Waals surface area contributed by atoms with Gasteiger partial charge in [0.25, 0.3) is 0 Å². The van der Waals surface area contributed by atoms with Crippen molar-refractivity contribution in [3.05, 3.63) is 65.9 Å². The Hall–Kier alpha value is -2.82. The smallest absolute Gasteiger partial charge is 0.135 e. The number of rotatable bonds is 9. The number of aromatic nitrogens is 3. The lowest BCUT2D eigenvalue weighted by molar-refractivity contribution is 0.305. The fourth-order valence-corrected chi connectivity index (χ4v) is 5.53. The molecule has 34 heavy (non-hydrogen) atoms. The normalized spacial score (nSPS) is 17.6. The Labute approximate surface area is 202 Å². The molecule has 4 nitrogen and oxygen atoms in total. The maximum Gasteiger partial charge on any atom is 0.135 e. The zero-order valence-corrected chi connectivity index (χ0v) is 20.9. The van der Waals surface area contributed by atoms with Gasteiger partial charge in [-0.3, -0.25) is 4.68 Å². The van der Waals surface area contributed by atoms with Gasteiger partial charge in [0.05, 0.1) is 36.4 Å². The minimum Gasteiger partial charge on any atom is -0.363 e. The molecule has 1 unspecified atom stereocenters. The van der Waals surface area contributed by atoms with E-state index < -0.39 is 0 Å². The van der Waals surface area contributed by atoms with E-state index in [0.29, 0.717) is 16.4 Å². The van der Waals surface area contributed by atoms with Gasteiger partial charge in [0.1, 0.15) is 5.82 Å². The Balaban J connectivity index is 1.24. The predicted octanol–water partition coefficient (Wildman–Crippen LogP) is 7.31. The van der Waals surface area contributed by atoms with E-state index in [4.69, 9.17) is 0 Å². The molecule has 1 fully saturated rings. The van der Waals surface area contributed by atoms with Gasteiger partial charge < -0.3 is 9.88 Å². The van der Waals surface area contributed by atoms with Crippen molar-refractivity contribution in [2.45, 2.75) is 72.4 Å². The molecule has 3 heterocycles. The largest absolute Gasteiger partial charge is 0.363 e. The molecule has 5 rings (SSSR count). The van der Waals surface area contributed by atoms with Crippen LogP contribution in [0, 0.1) is 24.1 Å². The van der Waals surface area contributed by atoms with Crippen molar-refractivity contribution < 1.29 is 4.39 Å². The van der Waals surface area contributed by atoms with Crippen LogP contribution in [-0.4, -0.2) is 26.2 Å². The van der Waals surface area contributed by atoms with Crippen LogP contribution < -0.4 is 0 Å². The fraction of sp³-hybridized carbons (Fsp3) is 0.483. The summed E-state index contributed by atoms with van der Waals surface area (Å²) in [5, 5.41) is 5.26. The van der Waals surface area contributed by atoms with E-state index in [1.54, 1.807) is 6.92 Å². The quantitative estimate of drug-likeness (QED) is 0.363. The molecule has 1 atom stereocenters. The molecule has 1 aliphatic heterocycles. The first kappa shape index (κ1) is 22.9. The molecular weight excluding hydrogens is 423 g/mol. The number of halogens is 1. The summed E-state index contributed by atoms with van der Waals surface area (Å²) in [6, 6.07) is 5.63. The lowest BCUT2D eigenvalue weighted by Crippen LogP contribution is -2.33. The summed E-state index contributed by atoms with van der Waals surface area (Å²) in [6.45, 7) is 17.8. The number of hydrogen-bond acceptors (Lipinski definition) is 2. The molecule has 0 radical (unpaired) electrons. The van der Waals surface area contributed by atoms with Crippen molar-refractivity contribution >= 4 is 22.2 Å². The molecule has 1 aromatic carbocycles. The van der Waals surface area contributed by atoms with Crippen LogP contribution >= 0.6 is 0 Å². The van der Waals surface area contributed by atoms with E-state index in [-0.39, 0.29) is 5.82 Å². The Morgan fingerprint density at radius 1 is 1.26 bits per heavy atom. The van der Waals surface area contributed by atoms with Gasteiger partial charge in [-0.15, -0.1) is 0 Å². The summed E-state index contributed by atoms with van der Waals surface area (Å²) in [5.41, 5.74) is 7.41. The lowest BCUT2D eigenvalue weighted by Gasteiger charge is -2.31. The average Bonchev–Trinajstić information content (AvgIpc) is 3.22. The third-order valence-electron chi connectivity index (χ3n) is 8.00. The van der Waals surface area contributed by atoms with E-state index in [1.165, 1.54) is 48.9 Å². The number of aromatic amines is 1. The van der Waals surface area contributed by atoms with Crippen molar-refractivity contribution in [2.24, 2.45) is 11.3 Å². The van der Waals surface area contributed by atoms with Crippen molar-refractivity contribution in [1.29, 1.82) is 0 Å². The van der Waals surface area contributed by atoms with Crippen LogP contribution in [0.15, 0.2) is 37.6 Å². The third kappa shape index (κ3) is 4.45. The molecule has 0 spiro atoms. The van der Waals surface area contributed by atoms with Crippen LogP contribution in [-0.2, 0) is 13.1 Å².